The second-order valence-corrected chi connectivity index (χ2v) is 4.83. The highest BCUT2D eigenvalue weighted by Gasteiger charge is 2.08. The number of hydrogen-bond donors (Lipinski definition) is 1. The van der Waals surface area contributed by atoms with Crippen LogP contribution in [0.3, 0.4) is 0 Å². The molecule has 17 heavy (non-hydrogen) atoms. The summed E-state index contributed by atoms with van der Waals surface area (Å²) < 4.78 is 5.97. The Morgan fingerprint density at radius 2 is 2.06 bits per heavy atom. The summed E-state index contributed by atoms with van der Waals surface area (Å²) in [4.78, 5) is 11.2. The van der Waals surface area contributed by atoms with Gasteiger partial charge < -0.3 is 10.1 Å². The van der Waals surface area contributed by atoms with Gasteiger partial charge in [0, 0.05) is 17.1 Å². The Labute approximate surface area is 111 Å². The molecule has 4 heteroatoms. The van der Waals surface area contributed by atoms with Crippen LogP contribution in [-0.2, 0) is 16.1 Å². The molecule has 0 saturated carbocycles. The molecule has 1 unspecified atom stereocenters. The SMILES string of the molecule is CCOC(=O)CC(C)NCc1ccc(Br)cc1. The minimum Gasteiger partial charge on any atom is -0.466 e. The maximum Gasteiger partial charge on any atom is 0.307 e. The van der Waals surface area contributed by atoms with Crippen molar-refractivity contribution in [2.75, 3.05) is 6.61 Å². The molecule has 1 N–H and O–H groups in total. The number of carbonyl (C=O) groups is 1. The third kappa shape index (κ3) is 5.84. The lowest BCUT2D eigenvalue weighted by molar-refractivity contribution is -0.143. The summed E-state index contributed by atoms with van der Waals surface area (Å²) in [5, 5.41) is 3.29. The van der Waals surface area contributed by atoms with Crippen molar-refractivity contribution >= 4 is 21.9 Å². The van der Waals surface area contributed by atoms with E-state index in [4.69, 9.17) is 4.74 Å². The second kappa shape index (κ2) is 7.45. The molecule has 1 aromatic carbocycles. The average Bonchev–Trinajstić information content (AvgIpc) is 2.28. The fourth-order valence-electron chi connectivity index (χ4n) is 1.44. The molecule has 0 saturated heterocycles. The number of esters is 1. The molecule has 0 fully saturated rings. The Balaban J connectivity index is 2.30. The molecule has 0 radical (unpaired) electrons. The Kier molecular flexibility index (Phi) is 6.22. The van der Waals surface area contributed by atoms with Gasteiger partial charge in [0.15, 0.2) is 0 Å². The van der Waals surface area contributed by atoms with Gasteiger partial charge in [0.05, 0.1) is 13.0 Å². The summed E-state index contributed by atoms with van der Waals surface area (Å²) in [6.07, 6.45) is 0.407. The van der Waals surface area contributed by atoms with Gasteiger partial charge in [-0.15, -0.1) is 0 Å². The summed E-state index contributed by atoms with van der Waals surface area (Å²) in [5.74, 6) is -0.150. The molecule has 0 amide bonds. The number of hydrogen-bond acceptors (Lipinski definition) is 3. The average molecular weight is 300 g/mol. The van der Waals surface area contributed by atoms with Crippen LogP contribution in [0, 0.1) is 0 Å². The van der Waals surface area contributed by atoms with Crippen LogP contribution in [-0.4, -0.2) is 18.6 Å². The van der Waals surface area contributed by atoms with Crippen LogP contribution in [0.2, 0.25) is 0 Å². The molecule has 1 aromatic rings. The topological polar surface area (TPSA) is 38.3 Å². The zero-order valence-electron chi connectivity index (χ0n) is 10.2. The molecule has 0 aromatic heterocycles. The van der Waals surface area contributed by atoms with E-state index in [-0.39, 0.29) is 12.0 Å². The first-order valence-electron chi connectivity index (χ1n) is 5.75. The quantitative estimate of drug-likeness (QED) is 0.821. The second-order valence-electron chi connectivity index (χ2n) is 3.92. The zero-order valence-corrected chi connectivity index (χ0v) is 11.8. The maximum absolute atomic E-state index is 11.2. The predicted octanol–water partition coefficient (Wildman–Crippen LogP) is 2.88. The molecular formula is C13H18BrNO2. The highest BCUT2D eigenvalue weighted by molar-refractivity contribution is 9.10. The third-order valence-electron chi connectivity index (χ3n) is 2.35. The van der Waals surface area contributed by atoms with Crippen molar-refractivity contribution in [3.63, 3.8) is 0 Å². The van der Waals surface area contributed by atoms with Gasteiger partial charge in [-0.2, -0.15) is 0 Å². The van der Waals surface area contributed by atoms with Crippen LogP contribution in [0.25, 0.3) is 0 Å². The van der Waals surface area contributed by atoms with E-state index in [9.17, 15) is 4.79 Å². The Bertz CT molecular complexity index is 351. The number of nitrogens with one attached hydrogen (secondary N) is 1. The highest BCUT2D eigenvalue weighted by Crippen LogP contribution is 2.10. The molecule has 3 nitrogen and oxygen atoms in total. The standard InChI is InChI=1S/C13H18BrNO2/c1-3-17-13(16)8-10(2)15-9-11-4-6-12(14)7-5-11/h4-7,10,15H,3,8-9H2,1-2H3. The van der Waals surface area contributed by atoms with E-state index >= 15 is 0 Å². The smallest absolute Gasteiger partial charge is 0.307 e. The third-order valence-corrected chi connectivity index (χ3v) is 2.87. The Hall–Kier alpha value is -0.870. The van der Waals surface area contributed by atoms with Crippen molar-refractivity contribution < 1.29 is 9.53 Å². The molecule has 1 rings (SSSR count). The number of ether oxygens (including phenoxy) is 1. The molecule has 94 valence electrons. The molecule has 1 atom stereocenters. The van der Waals surface area contributed by atoms with Gasteiger partial charge in [-0.1, -0.05) is 28.1 Å². The molecular weight excluding hydrogens is 282 g/mol. The first-order chi connectivity index (χ1) is 8.11. The summed E-state index contributed by atoms with van der Waals surface area (Å²) >= 11 is 3.39. The number of carbonyl (C=O) groups excluding carboxylic acids is 1. The Morgan fingerprint density at radius 3 is 2.65 bits per heavy atom. The van der Waals surface area contributed by atoms with Crippen molar-refractivity contribution in [1.82, 2.24) is 5.32 Å². The first-order valence-corrected chi connectivity index (χ1v) is 6.54. The van der Waals surface area contributed by atoms with E-state index in [0.717, 1.165) is 11.0 Å². The summed E-state index contributed by atoms with van der Waals surface area (Å²) in [6, 6.07) is 8.24. The number of rotatable bonds is 6. The van der Waals surface area contributed by atoms with E-state index < -0.39 is 0 Å². The van der Waals surface area contributed by atoms with Crippen molar-refractivity contribution in [3.8, 4) is 0 Å². The van der Waals surface area contributed by atoms with Gasteiger partial charge >= 0.3 is 5.97 Å². The van der Waals surface area contributed by atoms with E-state index in [1.165, 1.54) is 5.56 Å². The lowest BCUT2D eigenvalue weighted by atomic mass is 10.2. The predicted molar refractivity (Wildman–Crippen MR) is 71.7 cm³/mol. The molecule has 0 heterocycles. The van der Waals surface area contributed by atoms with Gasteiger partial charge in [-0.25, -0.2) is 0 Å². The fraction of sp³-hybridized carbons (Fsp3) is 0.462. The van der Waals surface area contributed by atoms with Gasteiger partial charge in [-0.05, 0) is 31.5 Å². The summed E-state index contributed by atoms with van der Waals surface area (Å²) in [6.45, 7) is 5.00. The largest absolute Gasteiger partial charge is 0.466 e. The van der Waals surface area contributed by atoms with Crippen LogP contribution >= 0.6 is 15.9 Å². The first kappa shape index (κ1) is 14.2. The van der Waals surface area contributed by atoms with E-state index in [2.05, 4.69) is 21.2 Å². The van der Waals surface area contributed by atoms with Crippen LogP contribution in [0.15, 0.2) is 28.7 Å². The van der Waals surface area contributed by atoms with Gasteiger partial charge in [0.2, 0.25) is 0 Å². The minimum atomic E-state index is -0.150. The number of benzene rings is 1. The van der Waals surface area contributed by atoms with Crippen molar-refractivity contribution in [3.05, 3.63) is 34.3 Å². The molecule has 0 aliphatic carbocycles. The zero-order chi connectivity index (χ0) is 12.7. The Morgan fingerprint density at radius 1 is 1.41 bits per heavy atom. The normalized spacial score (nSPS) is 12.2. The van der Waals surface area contributed by atoms with Gasteiger partial charge in [0.25, 0.3) is 0 Å². The number of halogens is 1. The minimum absolute atomic E-state index is 0.123. The van der Waals surface area contributed by atoms with Crippen LogP contribution in [0.4, 0.5) is 0 Å². The van der Waals surface area contributed by atoms with Crippen molar-refractivity contribution in [2.45, 2.75) is 32.9 Å². The van der Waals surface area contributed by atoms with Crippen LogP contribution < -0.4 is 5.32 Å². The van der Waals surface area contributed by atoms with E-state index in [0.29, 0.717) is 13.0 Å². The highest BCUT2D eigenvalue weighted by atomic mass is 79.9. The summed E-state index contributed by atoms with van der Waals surface area (Å²) in [5.41, 5.74) is 1.20. The maximum atomic E-state index is 11.2. The van der Waals surface area contributed by atoms with Crippen LogP contribution in [0.5, 0.6) is 0 Å². The molecule has 0 bridgehead atoms. The molecule has 0 spiro atoms. The van der Waals surface area contributed by atoms with Crippen molar-refractivity contribution in [1.29, 1.82) is 0 Å². The van der Waals surface area contributed by atoms with E-state index in [1.807, 2.05) is 38.1 Å². The van der Waals surface area contributed by atoms with Crippen molar-refractivity contribution in [2.24, 2.45) is 0 Å². The lowest BCUT2D eigenvalue weighted by Gasteiger charge is -2.13. The van der Waals surface area contributed by atoms with E-state index in [1.54, 1.807) is 0 Å². The monoisotopic (exact) mass is 299 g/mol. The lowest BCUT2D eigenvalue weighted by Crippen LogP contribution is -2.28. The molecule has 0 aliphatic heterocycles. The fourth-order valence-corrected chi connectivity index (χ4v) is 1.70. The summed E-state index contributed by atoms with van der Waals surface area (Å²) in [7, 11) is 0. The van der Waals surface area contributed by atoms with Crippen LogP contribution in [0.1, 0.15) is 25.8 Å². The van der Waals surface area contributed by atoms with Gasteiger partial charge in [0.1, 0.15) is 0 Å². The van der Waals surface area contributed by atoms with Gasteiger partial charge in [-0.3, -0.25) is 4.79 Å². The molecule has 0 aliphatic rings.